The van der Waals surface area contributed by atoms with Gasteiger partial charge in [-0.2, -0.15) is 0 Å². The Labute approximate surface area is 141 Å². The van der Waals surface area contributed by atoms with Crippen LogP contribution >= 0.6 is 0 Å². The van der Waals surface area contributed by atoms with Crippen LogP contribution in [0.25, 0.3) is 0 Å². The summed E-state index contributed by atoms with van der Waals surface area (Å²) in [5, 5.41) is 2.37. The number of hydrogen-bond donors (Lipinski definition) is 1. The van der Waals surface area contributed by atoms with Gasteiger partial charge in [-0.3, -0.25) is 9.59 Å². The number of rotatable bonds is 7. The second kappa shape index (κ2) is 8.12. The van der Waals surface area contributed by atoms with Crippen LogP contribution in [0, 0.1) is 17.8 Å². The molecule has 0 aromatic rings. The Hall–Kier alpha value is -2.12. The van der Waals surface area contributed by atoms with Gasteiger partial charge in [-0.05, 0) is 26.7 Å². The minimum Gasteiger partial charge on any atom is -0.465 e. The predicted molar refractivity (Wildman–Crippen MR) is 82.6 cm³/mol. The molecule has 2 atom stereocenters. The van der Waals surface area contributed by atoms with Gasteiger partial charge in [0, 0.05) is 5.92 Å². The van der Waals surface area contributed by atoms with Crippen LogP contribution in [0.5, 0.6) is 0 Å². The SMILES string of the molecule is CCOC(=O)[C@H]1C(=O)NC(C(=O)OCC)(C(=O)OCC)[C@@H]1C(C)C. The molecule has 0 saturated carbocycles. The van der Waals surface area contributed by atoms with E-state index in [1.54, 1.807) is 34.6 Å². The number of amides is 1. The minimum absolute atomic E-state index is 0.0186. The highest BCUT2D eigenvalue weighted by molar-refractivity contribution is 6.15. The summed E-state index contributed by atoms with van der Waals surface area (Å²) in [4.78, 5) is 49.8. The normalized spacial score (nSPS) is 22.0. The zero-order chi connectivity index (χ0) is 18.5. The number of nitrogens with one attached hydrogen (secondary N) is 1. The van der Waals surface area contributed by atoms with Crippen molar-refractivity contribution < 1.29 is 33.4 Å². The summed E-state index contributed by atoms with van der Waals surface area (Å²) >= 11 is 0. The highest BCUT2D eigenvalue weighted by Crippen LogP contribution is 2.40. The van der Waals surface area contributed by atoms with E-state index in [9.17, 15) is 19.2 Å². The third-order valence-electron chi connectivity index (χ3n) is 3.92. The molecule has 24 heavy (non-hydrogen) atoms. The van der Waals surface area contributed by atoms with Crippen molar-refractivity contribution in [1.82, 2.24) is 5.32 Å². The van der Waals surface area contributed by atoms with E-state index in [0.29, 0.717) is 0 Å². The summed E-state index contributed by atoms with van der Waals surface area (Å²) in [6.07, 6.45) is 0. The summed E-state index contributed by atoms with van der Waals surface area (Å²) in [7, 11) is 0. The Morgan fingerprint density at radius 1 is 1.00 bits per heavy atom. The largest absolute Gasteiger partial charge is 0.465 e. The molecule has 136 valence electrons. The standard InChI is InChI=1S/C16H25NO7/c1-6-22-13(19)10-11(9(4)5)16(17-12(10)18,14(20)23-7-2)15(21)24-8-3/h9-11H,6-8H2,1-5H3,(H,17,18)/t10-,11-/m1/s1. The van der Waals surface area contributed by atoms with Gasteiger partial charge in [0.2, 0.25) is 11.4 Å². The lowest BCUT2D eigenvalue weighted by Crippen LogP contribution is -2.62. The molecule has 1 N–H and O–H groups in total. The van der Waals surface area contributed by atoms with Gasteiger partial charge < -0.3 is 19.5 Å². The summed E-state index contributed by atoms with van der Waals surface area (Å²) in [5.41, 5.74) is -2.05. The van der Waals surface area contributed by atoms with Crippen LogP contribution in [0.3, 0.4) is 0 Å². The fraction of sp³-hybridized carbons (Fsp3) is 0.750. The summed E-state index contributed by atoms with van der Waals surface area (Å²) in [5.74, 6) is -5.99. The van der Waals surface area contributed by atoms with E-state index in [2.05, 4.69) is 5.32 Å². The summed E-state index contributed by atoms with van der Waals surface area (Å²) in [6, 6.07) is 0. The van der Waals surface area contributed by atoms with Gasteiger partial charge in [0.1, 0.15) is 5.92 Å². The van der Waals surface area contributed by atoms with Crippen LogP contribution in [0.15, 0.2) is 0 Å². The first-order valence-corrected chi connectivity index (χ1v) is 8.10. The molecule has 1 fully saturated rings. The smallest absolute Gasteiger partial charge is 0.344 e. The van der Waals surface area contributed by atoms with Crippen LogP contribution in [-0.4, -0.2) is 49.2 Å². The molecule has 0 unspecified atom stereocenters. The molecule has 0 aliphatic carbocycles. The molecule has 1 amide bonds. The second-order valence-electron chi connectivity index (χ2n) is 5.74. The predicted octanol–water partition coefficient (Wildman–Crippen LogP) is 0.433. The fourth-order valence-corrected chi connectivity index (χ4v) is 3.09. The van der Waals surface area contributed by atoms with E-state index in [0.717, 1.165) is 0 Å². The molecular formula is C16H25NO7. The Morgan fingerprint density at radius 2 is 1.46 bits per heavy atom. The van der Waals surface area contributed by atoms with Crippen LogP contribution in [0.1, 0.15) is 34.6 Å². The average Bonchev–Trinajstić information content (AvgIpc) is 2.82. The van der Waals surface area contributed by atoms with Gasteiger partial charge in [-0.1, -0.05) is 13.8 Å². The van der Waals surface area contributed by atoms with Crippen LogP contribution in [-0.2, 0) is 33.4 Å². The van der Waals surface area contributed by atoms with E-state index in [1.807, 2.05) is 0 Å². The Balaban J connectivity index is 3.44. The Morgan fingerprint density at radius 3 is 1.83 bits per heavy atom. The van der Waals surface area contributed by atoms with Crippen molar-refractivity contribution in [2.24, 2.45) is 17.8 Å². The van der Waals surface area contributed by atoms with Gasteiger partial charge in [-0.15, -0.1) is 0 Å². The zero-order valence-electron chi connectivity index (χ0n) is 14.7. The minimum atomic E-state index is -2.05. The molecule has 0 spiro atoms. The average molecular weight is 343 g/mol. The first-order chi connectivity index (χ1) is 11.3. The number of ether oxygens (including phenoxy) is 3. The third kappa shape index (κ3) is 3.37. The quantitative estimate of drug-likeness (QED) is 0.406. The molecule has 8 heteroatoms. The van der Waals surface area contributed by atoms with Crippen LogP contribution < -0.4 is 5.32 Å². The molecule has 8 nitrogen and oxygen atoms in total. The zero-order valence-corrected chi connectivity index (χ0v) is 14.7. The van der Waals surface area contributed by atoms with Gasteiger partial charge in [0.25, 0.3) is 0 Å². The lowest BCUT2D eigenvalue weighted by molar-refractivity contribution is -0.170. The van der Waals surface area contributed by atoms with Gasteiger partial charge >= 0.3 is 17.9 Å². The highest BCUT2D eigenvalue weighted by Gasteiger charge is 2.67. The number of carbonyl (C=O) groups is 4. The van der Waals surface area contributed by atoms with E-state index < -0.39 is 41.2 Å². The van der Waals surface area contributed by atoms with Gasteiger partial charge in [0.15, 0.2) is 0 Å². The molecule has 0 aromatic heterocycles. The van der Waals surface area contributed by atoms with Gasteiger partial charge in [0.05, 0.1) is 19.8 Å². The molecule has 1 aliphatic rings. The molecule has 0 bridgehead atoms. The van der Waals surface area contributed by atoms with Crippen molar-refractivity contribution in [3.8, 4) is 0 Å². The topological polar surface area (TPSA) is 108 Å². The first-order valence-electron chi connectivity index (χ1n) is 8.10. The molecule has 1 saturated heterocycles. The van der Waals surface area contributed by atoms with E-state index in [1.165, 1.54) is 0 Å². The van der Waals surface area contributed by atoms with E-state index >= 15 is 0 Å². The van der Waals surface area contributed by atoms with Crippen molar-refractivity contribution in [1.29, 1.82) is 0 Å². The van der Waals surface area contributed by atoms with Crippen LogP contribution in [0.2, 0.25) is 0 Å². The lowest BCUT2D eigenvalue weighted by atomic mass is 9.73. The Bertz CT molecular complexity index is 497. The van der Waals surface area contributed by atoms with Gasteiger partial charge in [-0.25, -0.2) is 9.59 Å². The highest BCUT2D eigenvalue weighted by atomic mass is 16.6. The third-order valence-corrected chi connectivity index (χ3v) is 3.92. The number of carbonyl (C=O) groups excluding carboxylic acids is 4. The molecule has 1 rings (SSSR count). The maximum Gasteiger partial charge on any atom is 0.344 e. The second-order valence-corrected chi connectivity index (χ2v) is 5.74. The van der Waals surface area contributed by atoms with E-state index in [-0.39, 0.29) is 25.7 Å². The molecule has 1 aliphatic heterocycles. The van der Waals surface area contributed by atoms with Crippen molar-refractivity contribution in [2.75, 3.05) is 19.8 Å². The monoisotopic (exact) mass is 343 g/mol. The number of hydrogen-bond acceptors (Lipinski definition) is 7. The van der Waals surface area contributed by atoms with Crippen LogP contribution in [0.4, 0.5) is 0 Å². The molecule has 1 heterocycles. The maximum absolute atomic E-state index is 12.6. The number of esters is 3. The van der Waals surface area contributed by atoms with Crippen molar-refractivity contribution in [3.63, 3.8) is 0 Å². The molecule has 0 radical (unpaired) electrons. The lowest BCUT2D eigenvalue weighted by Gasteiger charge is -2.33. The fourth-order valence-electron chi connectivity index (χ4n) is 3.09. The van der Waals surface area contributed by atoms with Crippen molar-refractivity contribution in [2.45, 2.75) is 40.2 Å². The summed E-state index contributed by atoms with van der Waals surface area (Å²) < 4.78 is 15.0. The van der Waals surface area contributed by atoms with Crippen molar-refractivity contribution in [3.05, 3.63) is 0 Å². The summed E-state index contributed by atoms with van der Waals surface area (Å²) in [6.45, 7) is 8.32. The first kappa shape index (κ1) is 19.9. The molecular weight excluding hydrogens is 318 g/mol. The van der Waals surface area contributed by atoms with Crippen molar-refractivity contribution >= 4 is 23.8 Å². The maximum atomic E-state index is 12.6. The molecule has 0 aromatic carbocycles. The van der Waals surface area contributed by atoms with E-state index in [4.69, 9.17) is 14.2 Å². The Kier molecular flexibility index (Phi) is 6.74.